The first-order chi connectivity index (χ1) is 6.77. The van der Waals surface area contributed by atoms with Gasteiger partial charge in [0.25, 0.3) is 0 Å². The number of carbonyl (C=O) groups excluding carboxylic acids is 1. The highest BCUT2D eigenvalue weighted by molar-refractivity contribution is 9.11. The van der Waals surface area contributed by atoms with Crippen molar-refractivity contribution < 1.29 is 4.79 Å². The van der Waals surface area contributed by atoms with Crippen molar-refractivity contribution in [3.63, 3.8) is 0 Å². The van der Waals surface area contributed by atoms with Crippen molar-refractivity contribution in [3.8, 4) is 0 Å². The predicted molar refractivity (Wildman–Crippen MR) is 61.3 cm³/mol. The quantitative estimate of drug-likeness (QED) is 0.811. The molecule has 0 radical (unpaired) electrons. The standard InChI is InChI=1S/C10H12BrNOS/c11-10-8(4-6-14-10)7-12-5-2-1-3-9(12)13/h4,6H,1-3,5,7H2. The van der Waals surface area contributed by atoms with Gasteiger partial charge >= 0.3 is 0 Å². The molecule has 1 aromatic heterocycles. The van der Waals surface area contributed by atoms with Gasteiger partial charge < -0.3 is 4.90 Å². The average Bonchev–Trinajstić information content (AvgIpc) is 2.56. The third kappa shape index (κ3) is 2.17. The Morgan fingerprint density at radius 1 is 1.50 bits per heavy atom. The fourth-order valence-electron chi connectivity index (χ4n) is 1.67. The minimum Gasteiger partial charge on any atom is -0.338 e. The molecule has 1 fully saturated rings. The van der Waals surface area contributed by atoms with Crippen molar-refractivity contribution in [2.24, 2.45) is 0 Å². The van der Waals surface area contributed by atoms with Crippen molar-refractivity contribution >= 4 is 33.2 Å². The van der Waals surface area contributed by atoms with Gasteiger partial charge in [-0.05, 0) is 45.8 Å². The molecule has 76 valence electrons. The molecular weight excluding hydrogens is 262 g/mol. The Morgan fingerprint density at radius 2 is 2.36 bits per heavy atom. The summed E-state index contributed by atoms with van der Waals surface area (Å²) < 4.78 is 1.15. The van der Waals surface area contributed by atoms with Crippen molar-refractivity contribution in [2.75, 3.05) is 6.54 Å². The van der Waals surface area contributed by atoms with Crippen LogP contribution in [0.3, 0.4) is 0 Å². The van der Waals surface area contributed by atoms with Gasteiger partial charge in [-0.1, -0.05) is 0 Å². The fourth-order valence-corrected chi connectivity index (χ4v) is 2.88. The van der Waals surface area contributed by atoms with Crippen LogP contribution in [0.4, 0.5) is 0 Å². The van der Waals surface area contributed by atoms with Crippen LogP contribution in [0.25, 0.3) is 0 Å². The Bertz CT molecular complexity index is 337. The summed E-state index contributed by atoms with van der Waals surface area (Å²) in [5, 5.41) is 2.05. The van der Waals surface area contributed by atoms with E-state index < -0.39 is 0 Å². The predicted octanol–water partition coefficient (Wildman–Crippen LogP) is 3.02. The number of halogens is 1. The van der Waals surface area contributed by atoms with E-state index >= 15 is 0 Å². The molecule has 0 aliphatic carbocycles. The van der Waals surface area contributed by atoms with Crippen molar-refractivity contribution in [1.82, 2.24) is 4.90 Å². The molecule has 1 amide bonds. The average molecular weight is 274 g/mol. The van der Waals surface area contributed by atoms with Gasteiger partial charge in [0.15, 0.2) is 0 Å². The molecule has 0 aromatic carbocycles. The molecule has 0 spiro atoms. The molecule has 14 heavy (non-hydrogen) atoms. The molecule has 2 rings (SSSR count). The van der Waals surface area contributed by atoms with Crippen molar-refractivity contribution in [1.29, 1.82) is 0 Å². The highest BCUT2D eigenvalue weighted by Gasteiger charge is 2.18. The summed E-state index contributed by atoms with van der Waals surface area (Å²) in [5.74, 6) is 0.300. The van der Waals surface area contributed by atoms with Gasteiger partial charge in [0.05, 0.1) is 3.79 Å². The number of likely N-dealkylation sites (tertiary alicyclic amines) is 1. The van der Waals surface area contributed by atoms with E-state index in [0.29, 0.717) is 5.91 Å². The molecule has 2 nitrogen and oxygen atoms in total. The third-order valence-electron chi connectivity index (χ3n) is 2.48. The van der Waals surface area contributed by atoms with E-state index in [-0.39, 0.29) is 0 Å². The number of thiophene rings is 1. The van der Waals surface area contributed by atoms with Crippen LogP contribution in [-0.4, -0.2) is 17.4 Å². The lowest BCUT2D eigenvalue weighted by atomic mass is 10.1. The molecule has 2 heterocycles. The molecule has 1 aliphatic heterocycles. The van der Waals surface area contributed by atoms with Crippen molar-refractivity contribution in [3.05, 3.63) is 20.8 Å². The maximum atomic E-state index is 11.5. The summed E-state index contributed by atoms with van der Waals surface area (Å²) in [5.41, 5.74) is 1.23. The number of amides is 1. The van der Waals surface area contributed by atoms with Gasteiger partial charge in [0, 0.05) is 19.5 Å². The Kier molecular flexibility index (Phi) is 3.23. The molecule has 4 heteroatoms. The summed E-state index contributed by atoms with van der Waals surface area (Å²) in [4.78, 5) is 13.5. The summed E-state index contributed by atoms with van der Waals surface area (Å²) >= 11 is 5.17. The molecule has 0 bridgehead atoms. The van der Waals surface area contributed by atoms with Crippen LogP contribution in [0.15, 0.2) is 15.2 Å². The Morgan fingerprint density at radius 3 is 3.00 bits per heavy atom. The number of piperidine rings is 1. The molecule has 0 unspecified atom stereocenters. The second kappa shape index (κ2) is 4.45. The van der Waals surface area contributed by atoms with Gasteiger partial charge in [0.2, 0.25) is 5.91 Å². The van der Waals surface area contributed by atoms with Gasteiger partial charge in [-0.25, -0.2) is 0 Å². The van der Waals surface area contributed by atoms with Gasteiger partial charge in [0.1, 0.15) is 0 Å². The van der Waals surface area contributed by atoms with Crippen LogP contribution in [0.2, 0.25) is 0 Å². The highest BCUT2D eigenvalue weighted by Crippen LogP contribution is 2.25. The van der Waals surface area contributed by atoms with E-state index in [4.69, 9.17) is 0 Å². The van der Waals surface area contributed by atoms with Crippen LogP contribution in [0.5, 0.6) is 0 Å². The number of nitrogens with zero attached hydrogens (tertiary/aromatic N) is 1. The first kappa shape index (κ1) is 10.2. The topological polar surface area (TPSA) is 20.3 Å². The Labute approximate surface area is 96.0 Å². The second-order valence-corrected chi connectivity index (χ2v) is 5.73. The monoisotopic (exact) mass is 273 g/mol. The maximum Gasteiger partial charge on any atom is 0.222 e. The number of hydrogen-bond acceptors (Lipinski definition) is 2. The lowest BCUT2D eigenvalue weighted by Gasteiger charge is -2.26. The Hall–Kier alpha value is -0.350. The van der Waals surface area contributed by atoms with Crippen LogP contribution >= 0.6 is 27.3 Å². The first-order valence-electron chi connectivity index (χ1n) is 4.77. The van der Waals surface area contributed by atoms with Gasteiger partial charge in [-0.3, -0.25) is 4.79 Å². The molecule has 1 saturated heterocycles. The van der Waals surface area contributed by atoms with Crippen LogP contribution < -0.4 is 0 Å². The maximum absolute atomic E-state index is 11.5. The largest absolute Gasteiger partial charge is 0.338 e. The van der Waals surface area contributed by atoms with E-state index in [9.17, 15) is 4.79 Å². The number of carbonyl (C=O) groups is 1. The molecule has 1 aromatic rings. The van der Waals surface area contributed by atoms with E-state index in [1.165, 1.54) is 5.56 Å². The number of hydrogen-bond donors (Lipinski definition) is 0. The van der Waals surface area contributed by atoms with Crippen LogP contribution in [0.1, 0.15) is 24.8 Å². The van der Waals surface area contributed by atoms with E-state index in [1.54, 1.807) is 11.3 Å². The molecule has 0 atom stereocenters. The van der Waals surface area contributed by atoms with E-state index in [0.717, 1.165) is 36.1 Å². The smallest absolute Gasteiger partial charge is 0.222 e. The molecule has 1 aliphatic rings. The molecule has 0 saturated carbocycles. The number of rotatable bonds is 2. The fraction of sp³-hybridized carbons (Fsp3) is 0.500. The van der Waals surface area contributed by atoms with E-state index in [1.807, 2.05) is 10.3 Å². The second-order valence-electron chi connectivity index (χ2n) is 3.49. The SMILES string of the molecule is O=C1CCCCN1Cc1ccsc1Br. The summed E-state index contributed by atoms with van der Waals surface area (Å²) in [7, 11) is 0. The van der Waals surface area contributed by atoms with Crippen LogP contribution in [0, 0.1) is 0 Å². The zero-order valence-corrected chi connectivity index (χ0v) is 10.2. The zero-order valence-electron chi connectivity index (χ0n) is 7.83. The minimum absolute atomic E-state index is 0.300. The Balaban J connectivity index is 2.03. The molecular formula is C10H12BrNOS. The highest BCUT2D eigenvalue weighted by atomic mass is 79.9. The van der Waals surface area contributed by atoms with Crippen LogP contribution in [-0.2, 0) is 11.3 Å². The van der Waals surface area contributed by atoms with Gasteiger partial charge in [-0.2, -0.15) is 0 Å². The van der Waals surface area contributed by atoms with E-state index in [2.05, 4.69) is 22.0 Å². The normalized spacial score (nSPS) is 17.5. The van der Waals surface area contributed by atoms with Crippen molar-refractivity contribution in [2.45, 2.75) is 25.8 Å². The van der Waals surface area contributed by atoms with Gasteiger partial charge in [-0.15, -0.1) is 11.3 Å². The summed E-state index contributed by atoms with van der Waals surface area (Å²) in [6.45, 7) is 1.68. The minimum atomic E-state index is 0.300. The summed E-state index contributed by atoms with van der Waals surface area (Å²) in [6.07, 6.45) is 2.93. The lowest BCUT2D eigenvalue weighted by Crippen LogP contribution is -2.34. The lowest BCUT2D eigenvalue weighted by molar-refractivity contribution is -0.133. The third-order valence-corrected chi connectivity index (χ3v) is 4.29. The summed E-state index contributed by atoms with van der Waals surface area (Å²) in [6, 6.07) is 2.08. The molecule has 0 N–H and O–H groups in total. The first-order valence-corrected chi connectivity index (χ1v) is 6.44. The zero-order chi connectivity index (χ0) is 9.97.